The summed E-state index contributed by atoms with van der Waals surface area (Å²) in [6.07, 6.45) is -0.249. The van der Waals surface area contributed by atoms with E-state index in [1.807, 2.05) is 25.1 Å². The summed E-state index contributed by atoms with van der Waals surface area (Å²) in [6, 6.07) is 5.68. The Hall–Kier alpha value is -0.590. The molecule has 1 heterocycles. The Balaban J connectivity index is 0.00000264. The number of halogens is 2. The fourth-order valence-corrected chi connectivity index (χ4v) is 3.01. The Kier molecular flexibility index (Phi) is 10.2. The Morgan fingerprint density at radius 3 is 2.42 bits per heavy atom. The van der Waals surface area contributed by atoms with Gasteiger partial charge in [0.25, 0.3) is 0 Å². The highest BCUT2D eigenvalue weighted by Crippen LogP contribution is 2.38. The maximum atomic E-state index is 9.93. The van der Waals surface area contributed by atoms with Crippen molar-refractivity contribution in [1.82, 2.24) is 10.3 Å². The first kappa shape index (κ1) is 23.4. The Morgan fingerprint density at radius 2 is 1.88 bits per heavy atom. The van der Waals surface area contributed by atoms with Gasteiger partial charge in [0, 0.05) is 23.7 Å². The quantitative estimate of drug-likeness (QED) is 0.676. The van der Waals surface area contributed by atoms with Crippen molar-refractivity contribution in [1.29, 1.82) is 0 Å². The van der Waals surface area contributed by atoms with Crippen LogP contribution in [0.3, 0.4) is 0 Å². The number of nitrogens with one attached hydrogen (secondary N) is 1. The lowest BCUT2D eigenvalue weighted by Gasteiger charge is -2.29. The molecule has 5 nitrogen and oxygen atoms in total. The number of pyridine rings is 1. The van der Waals surface area contributed by atoms with Crippen LogP contribution in [0.15, 0.2) is 18.2 Å². The predicted molar refractivity (Wildman–Crippen MR) is 100 cm³/mol. The summed E-state index contributed by atoms with van der Waals surface area (Å²) in [4.78, 5) is 4.34. The van der Waals surface area contributed by atoms with Gasteiger partial charge in [-0.25, -0.2) is 4.98 Å². The molecule has 0 aliphatic heterocycles. The van der Waals surface area contributed by atoms with E-state index in [0.717, 1.165) is 18.8 Å². The van der Waals surface area contributed by atoms with E-state index in [0.29, 0.717) is 31.2 Å². The summed E-state index contributed by atoms with van der Waals surface area (Å²) in [5.74, 6) is 1.16. The molecule has 24 heavy (non-hydrogen) atoms. The van der Waals surface area contributed by atoms with Gasteiger partial charge in [0.05, 0.1) is 18.8 Å². The van der Waals surface area contributed by atoms with Gasteiger partial charge in [-0.05, 0) is 38.3 Å². The highest BCUT2D eigenvalue weighted by Gasteiger charge is 2.44. The first-order chi connectivity index (χ1) is 10.4. The predicted octanol–water partition coefficient (Wildman–Crippen LogP) is 2.36. The van der Waals surface area contributed by atoms with Crippen molar-refractivity contribution in [2.24, 2.45) is 11.3 Å². The summed E-state index contributed by atoms with van der Waals surface area (Å²) in [6.45, 7) is 8.33. The van der Waals surface area contributed by atoms with Gasteiger partial charge in [-0.3, -0.25) is 0 Å². The van der Waals surface area contributed by atoms with E-state index in [9.17, 15) is 10.2 Å². The number of hydrogen-bond donors (Lipinski definition) is 3. The standard InChI is InChI=1S/C17H28N2O3.2ClH/c1-12(2)9-18-10-17(7-14(20)15(21)8-17)11-22-16-6-4-5-13(3)19-16;;/h4-6,12,14-15,18,20-21H,7-11H2,1-3H3;2*1H/t14-,15+,17?;;. The van der Waals surface area contributed by atoms with Crippen LogP contribution in [-0.2, 0) is 0 Å². The van der Waals surface area contributed by atoms with Gasteiger partial charge in [0.1, 0.15) is 0 Å². The summed E-state index contributed by atoms with van der Waals surface area (Å²) in [5, 5.41) is 23.3. The lowest BCUT2D eigenvalue weighted by atomic mass is 9.86. The van der Waals surface area contributed by atoms with Gasteiger partial charge in [0.15, 0.2) is 0 Å². The van der Waals surface area contributed by atoms with Crippen LogP contribution in [-0.4, -0.2) is 47.1 Å². The van der Waals surface area contributed by atoms with Crippen LogP contribution in [0.4, 0.5) is 0 Å². The number of aromatic nitrogens is 1. The highest BCUT2D eigenvalue weighted by atomic mass is 35.5. The smallest absolute Gasteiger partial charge is 0.213 e. The Morgan fingerprint density at radius 1 is 1.25 bits per heavy atom. The number of aryl methyl sites for hydroxylation is 1. The molecule has 0 amide bonds. The molecular formula is C17H30Cl2N2O3. The van der Waals surface area contributed by atoms with Crippen molar-refractivity contribution in [2.75, 3.05) is 19.7 Å². The minimum atomic E-state index is -0.671. The van der Waals surface area contributed by atoms with E-state index in [1.54, 1.807) is 0 Å². The number of hydrogen-bond acceptors (Lipinski definition) is 5. The van der Waals surface area contributed by atoms with Gasteiger partial charge in [-0.2, -0.15) is 0 Å². The van der Waals surface area contributed by atoms with Crippen molar-refractivity contribution in [3.8, 4) is 5.88 Å². The molecule has 1 unspecified atom stereocenters. The van der Waals surface area contributed by atoms with Crippen LogP contribution < -0.4 is 10.1 Å². The van der Waals surface area contributed by atoms with Gasteiger partial charge < -0.3 is 20.3 Å². The van der Waals surface area contributed by atoms with Crippen LogP contribution in [0.1, 0.15) is 32.4 Å². The van der Waals surface area contributed by atoms with Gasteiger partial charge in [0.2, 0.25) is 5.88 Å². The molecule has 2 rings (SSSR count). The average molecular weight is 381 g/mol. The van der Waals surface area contributed by atoms with E-state index in [2.05, 4.69) is 24.1 Å². The molecule has 0 aromatic carbocycles. The van der Waals surface area contributed by atoms with Crippen LogP contribution in [0.2, 0.25) is 0 Å². The molecule has 0 bridgehead atoms. The fraction of sp³-hybridized carbons (Fsp3) is 0.706. The summed E-state index contributed by atoms with van der Waals surface area (Å²) in [7, 11) is 0. The molecule has 0 saturated heterocycles. The first-order valence-electron chi connectivity index (χ1n) is 8.03. The zero-order valence-corrected chi connectivity index (χ0v) is 16.2. The summed E-state index contributed by atoms with van der Waals surface area (Å²) < 4.78 is 5.85. The minimum Gasteiger partial charge on any atom is -0.477 e. The maximum absolute atomic E-state index is 9.93. The lowest BCUT2D eigenvalue weighted by molar-refractivity contribution is 0.0438. The average Bonchev–Trinajstić information content (AvgIpc) is 2.72. The molecule has 1 aromatic rings. The molecule has 1 aliphatic rings. The summed E-state index contributed by atoms with van der Waals surface area (Å²) >= 11 is 0. The number of ether oxygens (including phenoxy) is 1. The monoisotopic (exact) mass is 380 g/mol. The third kappa shape index (κ3) is 6.73. The van der Waals surface area contributed by atoms with E-state index >= 15 is 0 Å². The van der Waals surface area contributed by atoms with Crippen LogP contribution in [0.25, 0.3) is 0 Å². The normalized spacial score (nSPS) is 25.9. The molecular weight excluding hydrogens is 351 g/mol. The molecule has 0 spiro atoms. The molecule has 1 aromatic heterocycles. The van der Waals surface area contributed by atoms with E-state index in [4.69, 9.17) is 4.74 Å². The molecule has 3 atom stereocenters. The van der Waals surface area contributed by atoms with Gasteiger partial charge in [-0.15, -0.1) is 24.8 Å². The third-order valence-electron chi connectivity index (χ3n) is 4.17. The van der Waals surface area contributed by atoms with Crippen LogP contribution in [0, 0.1) is 18.3 Å². The maximum Gasteiger partial charge on any atom is 0.213 e. The molecule has 140 valence electrons. The molecule has 0 radical (unpaired) electrons. The van der Waals surface area contributed by atoms with Crippen molar-refractivity contribution in [2.45, 2.75) is 45.8 Å². The van der Waals surface area contributed by atoms with E-state index < -0.39 is 12.2 Å². The van der Waals surface area contributed by atoms with Crippen molar-refractivity contribution in [3.05, 3.63) is 23.9 Å². The third-order valence-corrected chi connectivity index (χ3v) is 4.17. The van der Waals surface area contributed by atoms with E-state index in [-0.39, 0.29) is 30.2 Å². The number of aliphatic hydroxyl groups is 2. The van der Waals surface area contributed by atoms with Crippen molar-refractivity contribution >= 4 is 24.8 Å². The first-order valence-corrected chi connectivity index (χ1v) is 8.03. The second-order valence-corrected chi connectivity index (χ2v) is 6.97. The Labute approximate surface area is 157 Å². The van der Waals surface area contributed by atoms with Crippen molar-refractivity contribution < 1.29 is 14.9 Å². The zero-order valence-electron chi connectivity index (χ0n) is 14.6. The second-order valence-electron chi connectivity index (χ2n) is 6.97. The highest BCUT2D eigenvalue weighted by molar-refractivity contribution is 5.85. The van der Waals surface area contributed by atoms with E-state index in [1.165, 1.54) is 0 Å². The molecule has 1 aliphatic carbocycles. The molecule has 1 saturated carbocycles. The lowest BCUT2D eigenvalue weighted by Crippen LogP contribution is -2.39. The number of aliphatic hydroxyl groups excluding tert-OH is 2. The molecule has 1 fully saturated rings. The zero-order chi connectivity index (χ0) is 16.2. The minimum absolute atomic E-state index is 0. The number of rotatable bonds is 7. The van der Waals surface area contributed by atoms with Crippen LogP contribution in [0.5, 0.6) is 5.88 Å². The Bertz CT molecular complexity index is 479. The van der Waals surface area contributed by atoms with Crippen LogP contribution >= 0.6 is 24.8 Å². The fourth-order valence-electron chi connectivity index (χ4n) is 3.01. The summed E-state index contributed by atoms with van der Waals surface area (Å²) in [5.41, 5.74) is 0.662. The second kappa shape index (κ2) is 10.4. The SMILES string of the molecule is Cc1cccc(OCC2(CNCC(C)C)C[C@@H](O)[C@@H](O)C2)n1.Cl.Cl. The number of nitrogens with zero attached hydrogens (tertiary/aromatic N) is 1. The van der Waals surface area contributed by atoms with Crippen molar-refractivity contribution in [3.63, 3.8) is 0 Å². The topological polar surface area (TPSA) is 74.6 Å². The largest absolute Gasteiger partial charge is 0.477 e. The molecule has 3 N–H and O–H groups in total. The molecule has 7 heteroatoms. The van der Waals surface area contributed by atoms with Gasteiger partial charge >= 0.3 is 0 Å². The van der Waals surface area contributed by atoms with Gasteiger partial charge in [-0.1, -0.05) is 19.9 Å².